The van der Waals surface area contributed by atoms with E-state index in [9.17, 15) is 9.59 Å². The second-order valence-electron chi connectivity index (χ2n) is 3.60. The van der Waals surface area contributed by atoms with Gasteiger partial charge in [-0.3, -0.25) is 0 Å². The van der Waals surface area contributed by atoms with Gasteiger partial charge in [0.05, 0.1) is 13.3 Å². The van der Waals surface area contributed by atoms with Crippen LogP contribution in [0.5, 0.6) is 0 Å². The van der Waals surface area contributed by atoms with Crippen LogP contribution >= 0.6 is 11.6 Å². The highest BCUT2D eigenvalue weighted by atomic mass is 35.5. The molecule has 2 amide bonds. The van der Waals surface area contributed by atoms with E-state index in [1.165, 1.54) is 6.20 Å². The number of hydrogen-bond acceptors (Lipinski definition) is 5. The standard InChI is InChI=1S/C11H9ClN4O4/c1-20-11(19)15-6-9(13-14-16(15)10(17)18)7-2-4-8(12)5-3-7/h2-6H,1H3,(H,17,18). The normalized spacial score (nSPS) is 14.0. The van der Waals surface area contributed by atoms with Crippen LogP contribution in [0.2, 0.25) is 5.02 Å². The Morgan fingerprint density at radius 1 is 1.30 bits per heavy atom. The molecule has 1 N–H and O–H groups in total. The number of methoxy groups -OCH3 is 1. The Hall–Kier alpha value is -2.61. The van der Waals surface area contributed by atoms with Crippen molar-refractivity contribution in [3.8, 4) is 0 Å². The van der Waals surface area contributed by atoms with Crippen LogP contribution in [0.4, 0.5) is 9.59 Å². The molecule has 0 saturated heterocycles. The third-order valence-corrected chi connectivity index (χ3v) is 2.61. The third-order valence-electron chi connectivity index (χ3n) is 2.36. The van der Waals surface area contributed by atoms with Gasteiger partial charge < -0.3 is 9.84 Å². The maximum absolute atomic E-state index is 11.5. The summed E-state index contributed by atoms with van der Waals surface area (Å²) in [6, 6.07) is 6.61. The Morgan fingerprint density at radius 3 is 2.50 bits per heavy atom. The van der Waals surface area contributed by atoms with Gasteiger partial charge in [0.25, 0.3) is 0 Å². The summed E-state index contributed by atoms with van der Waals surface area (Å²) in [5, 5.41) is 17.7. The highest BCUT2D eigenvalue weighted by Crippen LogP contribution is 2.24. The summed E-state index contributed by atoms with van der Waals surface area (Å²) >= 11 is 5.77. The number of hydrazine groups is 1. The van der Waals surface area contributed by atoms with E-state index < -0.39 is 12.2 Å². The molecule has 1 aromatic rings. The maximum Gasteiger partial charge on any atom is 0.450 e. The molecule has 0 aliphatic carbocycles. The van der Waals surface area contributed by atoms with E-state index in [4.69, 9.17) is 16.7 Å². The van der Waals surface area contributed by atoms with Crippen LogP contribution in [-0.2, 0) is 4.74 Å². The first-order valence-electron chi connectivity index (χ1n) is 5.32. The minimum absolute atomic E-state index is 0.296. The lowest BCUT2D eigenvalue weighted by Crippen LogP contribution is -2.43. The van der Waals surface area contributed by atoms with Crippen LogP contribution in [0, 0.1) is 0 Å². The number of hydrogen-bond donors (Lipinski definition) is 1. The van der Waals surface area contributed by atoms with Crippen LogP contribution in [0.1, 0.15) is 5.56 Å². The largest absolute Gasteiger partial charge is 0.462 e. The molecule has 104 valence electrons. The van der Waals surface area contributed by atoms with E-state index in [0.29, 0.717) is 26.4 Å². The molecule has 0 fully saturated rings. The number of nitrogens with zero attached hydrogens (tertiary/aromatic N) is 4. The van der Waals surface area contributed by atoms with Crippen LogP contribution in [0.25, 0.3) is 5.70 Å². The monoisotopic (exact) mass is 296 g/mol. The number of amides is 2. The average Bonchev–Trinajstić information content (AvgIpc) is 2.46. The molecular formula is C11H9ClN4O4. The van der Waals surface area contributed by atoms with Crippen molar-refractivity contribution in [2.45, 2.75) is 0 Å². The molecule has 8 nitrogen and oxygen atoms in total. The molecule has 1 aliphatic heterocycles. The lowest BCUT2D eigenvalue weighted by molar-refractivity contribution is 0.0180. The second kappa shape index (κ2) is 5.57. The number of carbonyl (C=O) groups excluding carboxylic acids is 1. The fraction of sp³-hybridized carbons (Fsp3) is 0.0909. The van der Waals surface area contributed by atoms with Crippen molar-refractivity contribution < 1.29 is 19.4 Å². The summed E-state index contributed by atoms with van der Waals surface area (Å²) in [5.74, 6) is 0. The van der Waals surface area contributed by atoms with Crippen molar-refractivity contribution in [1.29, 1.82) is 0 Å². The molecule has 0 bridgehead atoms. The molecular weight excluding hydrogens is 288 g/mol. The fourth-order valence-corrected chi connectivity index (χ4v) is 1.56. The van der Waals surface area contributed by atoms with Gasteiger partial charge in [0.2, 0.25) is 0 Å². The Kier molecular flexibility index (Phi) is 3.85. The van der Waals surface area contributed by atoms with Gasteiger partial charge in [-0.1, -0.05) is 28.9 Å². The second-order valence-corrected chi connectivity index (χ2v) is 4.03. The van der Waals surface area contributed by atoms with Crippen molar-refractivity contribution in [2.24, 2.45) is 10.3 Å². The maximum atomic E-state index is 11.5. The molecule has 0 atom stereocenters. The summed E-state index contributed by atoms with van der Waals surface area (Å²) in [5.41, 5.74) is 0.918. The molecule has 0 saturated carbocycles. The predicted octanol–water partition coefficient (Wildman–Crippen LogP) is 2.98. The quantitative estimate of drug-likeness (QED) is 0.861. The number of carboxylic acid groups (broad SMARTS) is 1. The molecule has 0 spiro atoms. The van der Waals surface area contributed by atoms with Gasteiger partial charge in [0.15, 0.2) is 0 Å². The van der Waals surface area contributed by atoms with Gasteiger partial charge in [-0.15, -0.1) is 5.11 Å². The van der Waals surface area contributed by atoms with E-state index in [1.54, 1.807) is 24.3 Å². The van der Waals surface area contributed by atoms with E-state index >= 15 is 0 Å². The van der Waals surface area contributed by atoms with Crippen LogP contribution < -0.4 is 0 Å². The SMILES string of the molecule is COC(=O)N1C=C(c2ccc(Cl)cc2)N=NN1C(=O)O. The Labute approximate surface area is 118 Å². The van der Waals surface area contributed by atoms with Gasteiger partial charge in [0, 0.05) is 10.6 Å². The van der Waals surface area contributed by atoms with E-state index in [0.717, 1.165) is 7.11 Å². The van der Waals surface area contributed by atoms with Crippen LogP contribution in [-0.4, -0.2) is 34.5 Å². The average molecular weight is 297 g/mol. The summed E-state index contributed by atoms with van der Waals surface area (Å²) in [6.45, 7) is 0. The first-order chi connectivity index (χ1) is 9.52. The van der Waals surface area contributed by atoms with E-state index in [-0.39, 0.29) is 0 Å². The molecule has 0 aromatic heterocycles. The molecule has 0 radical (unpaired) electrons. The van der Waals surface area contributed by atoms with E-state index in [2.05, 4.69) is 15.1 Å². The van der Waals surface area contributed by atoms with Crippen LogP contribution in [0.15, 0.2) is 40.8 Å². The summed E-state index contributed by atoms with van der Waals surface area (Å²) < 4.78 is 4.49. The van der Waals surface area contributed by atoms with Gasteiger partial charge in [-0.25, -0.2) is 9.59 Å². The number of halogens is 1. The first kappa shape index (κ1) is 13.8. The summed E-state index contributed by atoms with van der Waals surface area (Å²) in [6.07, 6.45) is -1.17. The fourth-order valence-electron chi connectivity index (χ4n) is 1.44. The molecule has 9 heteroatoms. The lowest BCUT2D eigenvalue weighted by atomic mass is 10.2. The predicted molar refractivity (Wildman–Crippen MR) is 68.4 cm³/mol. The molecule has 1 aliphatic rings. The molecule has 20 heavy (non-hydrogen) atoms. The Balaban J connectivity index is 2.36. The van der Waals surface area contributed by atoms with Gasteiger partial charge in [-0.05, 0) is 17.4 Å². The third kappa shape index (κ3) is 2.69. The number of benzene rings is 1. The van der Waals surface area contributed by atoms with Gasteiger partial charge in [0.1, 0.15) is 5.70 Å². The Morgan fingerprint density at radius 2 is 1.95 bits per heavy atom. The first-order valence-corrected chi connectivity index (χ1v) is 5.70. The highest BCUT2D eigenvalue weighted by molar-refractivity contribution is 6.30. The molecule has 0 unspecified atom stereocenters. The summed E-state index contributed by atoms with van der Waals surface area (Å²) in [4.78, 5) is 22.5. The van der Waals surface area contributed by atoms with Gasteiger partial charge >= 0.3 is 12.2 Å². The van der Waals surface area contributed by atoms with Crippen molar-refractivity contribution in [3.63, 3.8) is 0 Å². The smallest absolute Gasteiger partial charge is 0.450 e. The lowest BCUT2D eigenvalue weighted by Gasteiger charge is -2.25. The van der Waals surface area contributed by atoms with Crippen LogP contribution in [0.3, 0.4) is 0 Å². The molecule has 2 rings (SSSR count). The summed E-state index contributed by atoms with van der Waals surface area (Å²) in [7, 11) is 1.13. The minimum Gasteiger partial charge on any atom is -0.462 e. The van der Waals surface area contributed by atoms with Crippen molar-refractivity contribution >= 4 is 29.5 Å². The van der Waals surface area contributed by atoms with E-state index in [1.807, 2.05) is 0 Å². The highest BCUT2D eigenvalue weighted by Gasteiger charge is 2.29. The zero-order chi connectivity index (χ0) is 14.7. The van der Waals surface area contributed by atoms with Crippen molar-refractivity contribution in [1.82, 2.24) is 10.1 Å². The zero-order valence-electron chi connectivity index (χ0n) is 10.2. The zero-order valence-corrected chi connectivity index (χ0v) is 11.0. The Bertz CT molecular complexity index is 599. The molecule has 1 aromatic carbocycles. The van der Waals surface area contributed by atoms with Gasteiger partial charge in [-0.2, -0.15) is 5.01 Å². The number of carbonyl (C=O) groups is 2. The number of rotatable bonds is 1. The number of ether oxygens (including phenoxy) is 1. The van der Waals surface area contributed by atoms with Crippen molar-refractivity contribution in [2.75, 3.05) is 7.11 Å². The molecule has 1 heterocycles. The minimum atomic E-state index is -1.47. The van der Waals surface area contributed by atoms with Crippen molar-refractivity contribution in [3.05, 3.63) is 41.1 Å². The topological polar surface area (TPSA) is 94.8 Å².